The zero-order valence-corrected chi connectivity index (χ0v) is 21.4. The number of carbonyl (C=O) groups is 2. The van der Waals surface area contributed by atoms with Crippen molar-refractivity contribution in [2.45, 2.75) is 44.6 Å². The van der Waals surface area contributed by atoms with Crippen molar-refractivity contribution in [3.05, 3.63) is 47.4 Å². The molecule has 2 N–H and O–H groups in total. The van der Waals surface area contributed by atoms with Crippen LogP contribution < -0.4 is 5.32 Å². The molecule has 1 aromatic carbocycles. The van der Waals surface area contributed by atoms with E-state index in [2.05, 4.69) is 33.5 Å². The summed E-state index contributed by atoms with van der Waals surface area (Å²) in [5.41, 5.74) is 2.87. The fraction of sp³-hybridized carbons (Fsp3) is 0.444. The van der Waals surface area contributed by atoms with Crippen molar-refractivity contribution >= 4 is 50.0 Å². The number of nitrogens with one attached hydrogen (secondary N) is 2. The van der Waals surface area contributed by atoms with Crippen molar-refractivity contribution < 1.29 is 13.7 Å². The van der Waals surface area contributed by atoms with Gasteiger partial charge in [-0.25, -0.2) is 4.98 Å². The summed E-state index contributed by atoms with van der Waals surface area (Å²) in [6.45, 7) is 1.61. The Kier molecular flexibility index (Phi) is 5.49. The lowest BCUT2D eigenvalue weighted by molar-refractivity contribution is -0.146. The molecule has 5 heterocycles. The second kappa shape index (κ2) is 9.83. The van der Waals surface area contributed by atoms with Crippen molar-refractivity contribution in [3.63, 3.8) is 0 Å². The number of fused-ring (bicyclic) bond motifs is 2. The third kappa shape index (κ3) is 4.71. The van der Waals surface area contributed by atoms with Gasteiger partial charge in [0.1, 0.15) is 0 Å². The van der Waals surface area contributed by atoms with Crippen LogP contribution in [0.1, 0.15) is 59.3 Å². The van der Waals surface area contributed by atoms with E-state index in [-0.39, 0.29) is 17.9 Å². The lowest BCUT2D eigenvalue weighted by atomic mass is 9.89. The van der Waals surface area contributed by atoms with Crippen LogP contribution in [0.15, 0.2) is 36.8 Å². The number of thiazole rings is 1. The van der Waals surface area contributed by atoms with E-state index in [1.165, 1.54) is 6.20 Å². The number of likely N-dealkylation sites (tertiary alicyclic amines) is 2. The van der Waals surface area contributed by atoms with Crippen LogP contribution in [0, 0.1) is 5.92 Å². The van der Waals surface area contributed by atoms with E-state index in [9.17, 15) is 9.59 Å². The number of aromatic nitrogens is 4. The summed E-state index contributed by atoms with van der Waals surface area (Å²) in [5.74, 6) is -0.761. The molecule has 1 unspecified atom stereocenters. The normalized spacial score (nSPS) is 23.1. The third-order valence-electron chi connectivity index (χ3n) is 7.53. The molecule has 2 aliphatic rings. The Morgan fingerprint density at radius 1 is 1.16 bits per heavy atom. The molecule has 192 valence electrons. The van der Waals surface area contributed by atoms with Crippen LogP contribution in [0.3, 0.4) is 0 Å². The first-order valence-electron chi connectivity index (χ1n) is 14.2. The average molecular weight is 521 g/mol. The van der Waals surface area contributed by atoms with Crippen molar-refractivity contribution in [1.29, 1.82) is 0 Å². The summed E-state index contributed by atoms with van der Waals surface area (Å²) in [7, 11) is 0. The fourth-order valence-electron chi connectivity index (χ4n) is 5.46. The van der Waals surface area contributed by atoms with Crippen molar-refractivity contribution in [1.82, 2.24) is 30.0 Å². The molecular formula is C27H31N7O2S. The highest BCUT2D eigenvalue weighted by Crippen LogP contribution is 2.38. The number of piperidine rings is 2. The lowest BCUT2D eigenvalue weighted by Crippen LogP contribution is -2.46. The number of benzene rings is 1. The number of aromatic amines is 1. The van der Waals surface area contributed by atoms with Gasteiger partial charge >= 0.3 is 11.8 Å². The van der Waals surface area contributed by atoms with Crippen LogP contribution in [0.5, 0.6) is 0 Å². The van der Waals surface area contributed by atoms with Gasteiger partial charge in [0.05, 0.1) is 44.9 Å². The zero-order chi connectivity index (χ0) is 28.0. The molecule has 2 atom stereocenters. The first kappa shape index (κ1) is 20.7. The quantitative estimate of drug-likeness (QED) is 0.390. The molecule has 0 radical (unpaired) electrons. The van der Waals surface area contributed by atoms with E-state index in [1.807, 2.05) is 12.1 Å². The van der Waals surface area contributed by atoms with Crippen LogP contribution >= 0.6 is 11.3 Å². The molecule has 3 aromatic heterocycles. The smallest absolute Gasteiger partial charge is 0.314 e. The van der Waals surface area contributed by atoms with Gasteiger partial charge in [-0.05, 0) is 69.4 Å². The predicted molar refractivity (Wildman–Crippen MR) is 144 cm³/mol. The highest BCUT2D eigenvalue weighted by Gasteiger charge is 2.35. The van der Waals surface area contributed by atoms with Crippen molar-refractivity contribution in [2.24, 2.45) is 5.92 Å². The first-order valence-corrected chi connectivity index (χ1v) is 13.5. The molecule has 4 aromatic rings. The summed E-state index contributed by atoms with van der Waals surface area (Å²) in [6, 6.07) is 5.90. The van der Waals surface area contributed by atoms with Crippen LogP contribution in [-0.2, 0) is 9.59 Å². The maximum absolute atomic E-state index is 13.5. The Hall–Kier alpha value is -3.37. The molecule has 37 heavy (non-hydrogen) atoms. The molecule has 2 saturated heterocycles. The zero-order valence-electron chi connectivity index (χ0n) is 23.6. The number of rotatable bonds is 3. The fourth-order valence-corrected chi connectivity index (χ4v) is 6.58. The van der Waals surface area contributed by atoms with E-state index >= 15 is 0 Å². The number of amides is 2. The molecule has 2 amide bonds. The van der Waals surface area contributed by atoms with Gasteiger partial charge in [0.15, 0.2) is 0 Å². The summed E-state index contributed by atoms with van der Waals surface area (Å²) in [4.78, 5) is 38.9. The minimum absolute atomic E-state index is 0.229. The molecule has 2 aliphatic heterocycles. The van der Waals surface area contributed by atoms with Crippen LogP contribution in [-0.4, -0.2) is 68.4 Å². The number of H-pyrrole nitrogens is 1. The molecule has 10 heteroatoms. The first-order chi connectivity index (χ1) is 19.2. The Bertz CT molecular complexity index is 1560. The number of carbonyl (C=O) groups excluding carboxylic acids is 2. The van der Waals surface area contributed by atoms with E-state index in [0.29, 0.717) is 30.8 Å². The maximum Gasteiger partial charge on any atom is 0.314 e. The van der Waals surface area contributed by atoms with Crippen molar-refractivity contribution in [2.75, 3.05) is 31.9 Å². The summed E-state index contributed by atoms with van der Waals surface area (Å²) in [5, 5.41) is 11.3. The Morgan fingerprint density at radius 3 is 2.86 bits per heavy atom. The van der Waals surface area contributed by atoms with E-state index < -0.39 is 18.8 Å². The summed E-state index contributed by atoms with van der Waals surface area (Å²) in [6.07, 6.45) is 8.00. The summed E-state index contributed by atoms with van der Waals surface area (Å²) >= 11 is 1.65. The molecule has 0 spiro atoms. The Morgan fingerprint density at radius 2 is 2.03 bits per heavy atom. The van der Waals surface area contributed by atoms with Gasteiger partial charge in [0.25, 0.3) is 0 Å². The Labute approximate surface area is 223 Å². The van der Waals surface area contributed by atoms with E-state index in [4.69, 9.17) is 9.10 Å². The number of hydrogen-bond donors (Lipinski definition) is 2. The van der Waals surface area contributed by atoms with Gasteiger partial charge in [-0.3, -0.25) is 19.7 Å². The SMILES string of the molecule is [2H]C([2H])([2H])N1CCC(c2nc3cc(C4CC[C@H](C)CN4C(=O)C(=O)Nc4cncc5cn[nH]c45)ccc3s2)CC1. The van der Waals surface area contributed by atoms with E-state index in [0.717, 1.165) is 51.9 Å². The molecule has 9 nitrogen and oxygen atoms in total. The average Bonchev–Trinajstić information content (AvgIpc) is 3.59. The third-order valence-corrected chi connectivity index (χ3v) is 8.73. The molecule has 6 rings (SSSR count). The van der Waals surface area contributed by atoms with Gasteiger partial charge in [-0.15, -0.1) is 11.3 Å². The molecule has 0 bridgehead atoms. The largest absolute Gasteiger partial charge is 0.327 e. The predicted octanol–water partition coefficient (Wildman–Crippen LogP) is 4.32. The van der Waals surface area contributed by atoms with Gasteiger partial charge < -0.3 is 15.1 Å². The van der Waals surface area contributed by atoms with Crippen molar-refractivity contribution in [3.8, 4) is 0 Å². The lowest BCUT2D eigenvalue weighted by Gasteiger charge is -2.38. The number of nitrogens with zero attached hydrogens (tertiary/aromatic N) is 5. The topological polar surface area (TPSA) is 107 Å². The van der Waals surface area contributed by atoms with Gasteiger partial charge in [0, 0.05) is 28.2 Å². The standard InChI is InChI=1S/C27H31N7O2S/c1-16-3-5-22(18-4-6-23-20(11-18)31-26(37-23)17-7-9-33(2)10-8-17)34(15-16)27(36)25(35)30-21-14-28-12-19-13-29-32-24(19)21/h4,6,11-14,16-17,22H,3,5,7-10,15H2,1-2H3,(H,29,32)(H,30,35)/t16-,22?/m0/s1/i2D3. The maximum atomic E-state index is 13.5. The van der Waals surface area contributed by atoms with Gasteiger partial charge in [0.2, 0.25) is 0 Å². The molecule has 2 fully saturated rings. The summed E-state index contributed by atoms with van der Waals surface area (Å²) < 4.78 is 24.0. The van der Waals surface area contributed by atoms with Crippen LogP contribution in [0.2, 0.25) is 0 Å². The number of pyridine rings is 1. The van der Waals surface area contributed by atoms with E-state index in [1.54, 1.807) is 33.5 Å². The minimum Gasteiger partial charge on any atom is -0.327 e. The second-order valence-corrected chi connectivity index (χ2v) is 11.2. The highest BCUT2D eigenvalue weighted by molar-refractivity contribution is 7.18. The van der Waals surface area contributed by atoms with Crippen LogP contribution in [0.4, 0.5) is 5.69 Å². The molecule has 0 aliphatic carbocycles. The Balaban J connectivity index is 1.21. The molecular weight excluding hydrogens is 486 g/mol. The monoisotopic (exact) mass is 520 g/mol. The second-order valence-electron chi connectivity index (χ2n) is 10.2. The molecule has 0 saturated carbocycles. The van der Waals surface area contributed by atoms with Crippen LogP contribution in [0.25, 0.3) is 21.1 Å². The van der Waals surface area contributed by atoms with Gasteiger partial charge in [-0.1, -0.05) is 13.0 Å². The number of anilines is 1. The highest BCUT2D eigenvalue weighted by atomic mass is 32.1. The van der Waals surface area contributed by atoms with Gasteiger partial charge in [-0.2, -0.15) is 5.10 Å². The number of hydrogen-bond acceptors (Lipinski definition) is 7. The minimum atomic E-state index is -2.05.